The van der Waals surface area contributed by atoms with Crippen LogP contribution in [0.25, 0.3) is 0 Å². The van der Waals surface area contributed by atoms with Crippen LogP contribution in [-0.4, -0.2) is 0 Å². The molecule has 0 spiro atoms. The van der Waals surface area contributed by atoms with Crippen molar-refractivity contribution >= 4 is 40.4 Å². The fourth-order valence-corrected chi connectivity index (χ4v) is 3.90. The lowest BCUT2D eigenvalue weighted by atomic mass is 10.1. The number of nitrogens with zero attached hydrogens (tertiary/aromatic N) is 1. The molecule has 0 radical (unpaired) electrons. The van der Waals surface area contributed by atoms with Gasteiger partial charge < -0.3 is 4.90 Å². The van der Waals surface area contributed by atoms with E-state index in [-0.39, 0.29) is 0 Å². The molecular formula is C19H14ClNS. The van der Waals surface area contributed by atoms with Gasteiger partial charge in [0.15, 0.2) is 0 Å². The van der Waals surface area contributed by atoms with Crippen molar-refractivity contribution in [2.24, 2.45) is 0 Å². The van der Waals surface area contributed by atoms with Crippen LogP contribution >= 0.6 is 23.4 Å². The highest BCUT2D eigenvalue weighted by Crippen LogP contribution is 2.51. The van der Waals surface area contributed by atoms with E-state index in [0.717, 1.165) is 16.4 Å². The zero-order chi connectivity index (χ0) is 15.1. The smallest absolute Gasteiger partial charge is 0.0616 e. The monoisotopic (exact) mass is 323 g/mol. The quantitative estimate of drug-likeness (QED) is 0.389. The van der Waals surface area contributed by atoms with Crippen LogP contribution in [0.3, 0.4) is 0 Å². The van der Waals surface area contributed by atoms with Crippen LogP contribution in [0.4, 0.5) is 17.1 Å². The fourth-order valence-electron chi connectivity index (χ4n) is 2.70. The zero-order valence-corrected chi connectivity index (χ0v) is 13.7. The Balaban J connectivity index is 1.96. The maximum absolute atomic E-state index is 6.25. The Kier molecular flexibility index (Phi) is 3.36. The van der Waals surface area contributed by atoms with Crippen molar-refractivity contribution in [2.75, 3.05) is 4.90 Å². The molecule has 1 aliphatic rings. The SMILES string of the molecule is Cc1ccc(N2c3ccccc3Sc3ccc(Cl)cc32)cc1. The summed E-state index contributed by atoms with van der Waals surface area (Å²) in [5.74, 6) is 0. The van der Waals surface area contributed by atoms with Crippen molar-refractivity contribution in [3.8, 4) is 0 Å². The predicted molar refractivity (Wildman–Crippen MR) is 95.0 cm³/mol. The highest BCUT2D eigenvalue weighted by atomic mass is 35.5. The van der Waals surface area contributed by atoms with Gasteiger partial charge in [0.1, 0.15) is 0 Å². The van der Waals surface area contributed by atoms with Crippen molar-refractivity contribution in [2.45, 2.75) is 16.7 Å². The fraction of sp³-hybridized carbons (Fsp3) is 0.0526. The van der Waals surface area contributed by atoms with E-state index >= 15 is 0 Å². The average molecular weight is 324 g/mol. The highest BCUT2D eigenvalue weighted by Gasteiger charge is 2.24. The normalized spacial score (nSPS) is 12.7. The van der Waals surface area contributed by atoms with Crippen LogP contribution < -0.4 is 4.90 Å². The third-order valence-electron chi connectivity index (χ3n) is 3.78. The van der Waals surface area contributed by atoms with Crippen LogP contribution in [0.1, 0.15) is 5.56 Å². The molecule has 3 heteroatoms. The van der Waals surface area contributed by atoms with Crippen LogP contribution in [0, 0.1) is 6.92 Å². The van der Waals surface area contributed by atoms with Gasteiger partial charge in [-0.1, -0.05) is 53.2 Å². The molecule has 1 heterocycles. The molecule has 0 amide bonds. The number of benzene rings is 3. The topological polar surface area (TPSA) is 3.24 Å². The standard InChI is InChI=1S/C19H14ClNS/c1-13-6-9-15(10-7-13)21-16-4-2-3-5-18(16)22-19-11-8-14(20)12-17(19)21/h2-12H,1H3. The predicted octanol–water partition coefficient (Wildman–Crippen LogP) is 6.58. The lowest BCUT2D eigenvalue weighted by molar-refractivity contribution is 1.16. The minimum absolute atomic E-state index is 0.760. The van der Waals surface area contributed by atoms with Gasteiger partial charge in [0.2, 0.25) is 0 Å². The number of rotatable bonds is 1. The molecule has 0 aromatic heterocycles. The molecule has 108 valence electrons. The van der Waals surface area contributed by atoms with Gasteiger partial charge >= 0.3 is 0 Å². The Morgan fingerprint density at radius 3 is 2.36 bits per heavy atom. The van der Waals surface area contributed by atoms with Crippen molar-refractivity contribution in [3.63, 3.8) is 0 Å². The summed E-state index contributed by atoms with van der Waals surface area (Å²) in [6, 6.07) is 23.2. The maximum atomic E-state index is 6.25. The molecule has 1 nitrogen and oxygen atoms in total. The molecule has 0 N–H and O–H groups in total. The number of halogens is 1. The van der Waals surface area contributed by atoms with E-state index in [1.54, 1.807) is 11.8 Å². The summed E-state index contributed by atoms with van der Waals surface area (Å²) in [4.78, 5) is 4.77. The molecule has 0 fully saturated rings. The van der Waals surface area contributed by atoms with Gasteiger partial charge in [-0.15, -0.1) is 0 Å². The van der Waals surface area contributed by atoms with Gasteiger partial charge in [0, 0.05) is 20.5 Å². The van der Waals surface area contributed by atoms with E-state index in [0.29, 0.717) is 0 Å². The molecule has 0 aliphatic carbocycles. The lowest BCUT2D eigenvalue weighted by Gasteiger charge is -2.33. The van der Waals surface area contributed by atoms with Crippen LogP contribution in [0.2, 0.25) is 5.02 Å². The van der Waals surface area contributed by atoms with Crippen molar-refractivity contribution in [1.82, 2.24) is 0 Å². The van der Waals surface area contributed by atoms with E-state index in [2.05, 4.69) is 66.4 Å². The summed E-state index contributed by atoms with van der Waals surface area (Å²) < 4.78 is 0. The van der Waals surface area contributed by atoms with Crippen molar-refractivity contribution < 1.29 is 0 Å². The van der Waals surface area contributed by atoms with E-state index < -0.39 is 0 Å². The molecule has 0 saturated carbocycles. The van der Waals surface area contributed by atoms with Gasteiger partial charge in [0.05, 0.1) is 11.4 Å². The summed E-state index contributed by atoms with van der Waals surface area (Å²) in [6.45, 7) is 2.11. The molecule has 0 unspecified atom stereocenters. The summed E-state index contributed by atoms with van der Waals surface area (Å²) >= 11 is 8.04. The van der Waals surface area contributed by atoms with Gasteiger partial charge in [-0.2, -0.15) is 0 Å². The first kappa shape index (κ1) is 13.7. The second kappa shape index (κ2) is 5.38. The van der Waals surface area contributed by atoms with E-state index in [1.165, 1.54) is 21.0 Å². The summed E-state index contributed by atoms with van der Waals surface area (Å²) in [7, 11) is 0. The molecule has 0 saturated heterocycles. The Morgan fingerprint density at radius 2 is 1.55 bits per heavy atom. The Labute approximate surface area is 139 Å². The molecule has 0 atom stereocenters. The first-order chi connectivity index (χ1) is 10.7. The summed E-state index contributed by atoms with van der Waals surface area (Å²) in [5, 5.41) is 0.760. The van der Waals surface area contributed by atoms with Crippen LogP contribution in [-0.2, 0) is 0 Å². The zero-order valence-electron chi connectivity index (χ0n) is 12.1. The second-order valence-electron chi connectivity index (χ2n) is 5.35. The second-order valence-corrected chi connectivity index (χ2v) is 6.87. The Morgan fingerprint density at radius 1 is 0.818 bits per heavy atom. The summed E-state index contributed by atoms with van der Waals surface area (Å²) in [6.07, 6.45) is 0. The molecule has 4 rings (SSSR count). The van der Waals surface area contributed by atoms with Crippen LogP contribution in [0.5, 0.6) is 0 Å². The molecule has 22 heavy (non-hydrogen) atoms. The summed E-state index contributed by atoms with van der Waals surface area (Å²) in [5.41, 5.74) is 4.75. The van der Waals surface area contributed by atoms with Crippen molar-refractivity contribution in [1.29, 1.82) is 0 Å². The van der Waals surface area contributed by atoms with E-state index in [4.69, 9.17) is 11.6 Å². The lowest BCUT2D eigenvalue weighted by Crippen LogP contribution is -2.14. The Bertz CT molecular complexity index is 842. The molecular weight excluding hydrogens is 310 g/mol. The Hall–Kier alpha value is -1.90. The van der Waals surface area contributed by atoms with Gasteiger partial charge in [-0.05, 0) is 49.4 Å². The molecule has 1 aliphatic heterocycles. The minimum atomic E-state index is 0.760. The number of hydrogen-bond acceptors (Lipinski definition) is 2. The molecule has 3 aromatic rings. The number of anilines is 3. The highest BCUT2D eigenvalue weighted by molar-refractivity contribution is 7.99. The number of para-hydroxylation sites is 1. The average Bonchev–Trinajstić information content (AvgIpc) is 2.54. The largest absolute Gasteiger partial charge is 0.308 e. The van der Waals surface area contributed by atoms with Crippen LogP contribution in [0.15, 0.2) is 76.5 Å². The van der Waals surface area contributed by atoms with E-state index in [9.17, 15) is 0 Å². The van der Waals surface area contributed by atoms with Gasteiger partial charge in [-0.3, -0.25) is 0 Å². The number of hydrogen-bond donors (Lipinski definition) is 0. The molecule has 0 bridgehead atoms. The first-order valence-electron chi connectivity index (χ1n) is 7.15. The minimum Gasteiger partial charge on any atom is -0.308 e. The van der Waals surface area contributed by atoms with Gasteiger partial charge in [0.25, 0.3) is 0 Å². The third kappa shape index (κ3) is 2.29. The van der Waals surface area contributed by atoms with Crippen molar-refractivity contribution in [3.05, 3.63) is 77.3 Å². The molecule has 3 aromatic carbocycles. The van der Waals surface area contributed by atoms with Gasteiger partial charge in [-0.25, -0.2) is 0 Å². The third-order valence-corrected chi connectivity index (χ3v) is 5.15. The first-order valence-corrected chi connectivity index (χ1v) is 8.35. The maximum Gasteiger partial charge on any atom is 0.0616 e. The number of fused-ring (bicyclic) bond motifs is 2. The van der Waals surface area contributed by atoms with E-state index in [1.807, 2.05) is 12.1 Å². The number of aryl methyl sites for hydroxylation is 1.